The molecule has 0 amide bonds. The standard InChI is InChI=1S/C13H27NO/c1-4-14-10-13(2,3)11-15-9-12-7-5-6-8-12/h12,14H,4-11H2,1-3H3. The van der Waals surface area contributed by atoms with Crippen LogP contribution in [0.3, 0.4) is 0 Å². The van der Waals surface area contributed by atoms with E-state index in [-0.39, 0.29) is 5.41 Å². The topological polar surface area (TPSA) is 21.3 Å². The Morgan fingerprint density at radius 3 is 2.53 bits per heavy atom. The summed E-state index contributed by atoms with van der Waals surface area (Å²) in [5.41, 5.74) is 0.272. The molecule has 15 heavy (non-hydrogen) atoms. The average Bonchev–Trinajstić information content (AvgIpc) is 2.67. The molecule has 1 saturated carbocycles. The number of hydrogen-bond donors (Lipinski definition) is 1. The lowest BCUT2D eigenvalue weighted by atomic mass is 9.95. The number of rotatable bonds is 7. The van der Waals surface area contributed by atoms with Crippen LogP contribution in [-0.2, 0) is 4.74 Å². The summed E-state index contributed by atoms with van der Waals surface area (Å²) in [6.45, 7) is 10.6. The third kappa shape index (κ3) is 5.53. The van der Waals surface area contributed by atoms with Crippen LogP contribution in [-0.4, -0.2) is 26.3 Å². The first-order valence-electron chi connectivity index (χ1n) is 6.42. The lowest BCUT2D eigenvalue weighted by Crippen LogP contribution is -2.33. The Morgan fingerprint density at radius 2 is 1.93 bits per heavy atom. The largest absolute Gasteiger partial charge is 0.381 e. The normalized spacial score (nSPS) is 18.6. The molecule has 1 rings (SSSR count). The molecule has 1 N–H and O–H groups in total. The molecule has 0 radical (unpaired) electrons. The molecule has 0 aromatic rings. The van der Waals surface area contributed by atoms with Crippen molar-refractivity contribution in [2.45, 2.75) is 46.5 Å². The predicted octanol–water partition coefficient (Wildman–Crippen LogP) is 2.83. The van der Waals surface area contributed by atoms with E-state index in [0.717, 1.165) is 32.2 Å². The van der Waals surface area contributed by atoms with E-state index in [0.29, 0.717) is 0 Å². The molecule has 0 spiro atoms. The van der Waals surface area contributed by atoms with E-state index in [1.54, 1.807) is 0 Å². The summed E-state index contributed by atoms with van der Waals surface area (Å²) >= 11 is 0. The monoisotopic (exact) mass is 213 g/mol. The van der Waals surface area contributed by atoms with Crippen molar-refractivity contribution in [3.05, 3.63) is 0 Å². The van der Waals surface area contributed by atoms with Crippen LogP contribution < -0.4 is 5.32 Å². The first-order valence-corrected chi connectivity index (χ1v) is 6.42. The van der Waals surface area contributed by atoms with E-state index in [1.807, 2.05) is 0 Å². The van der Waals surface area contributed by atoms with Gasteiger partial charge < -0.3 is 10.1 Å². The Bertz CT molecular complexity index is 162. The zero-order chi connectivity index (χ0) is 11.1. The molecular weight excluding hydrogens is 186 g/mol. The van der Waals surface area contributed by atoms with Gasteiger partial charge in [-0.3, -0.25) is 0 Å². The molecule has 0 bridgehead atoms. The highest BCUT2D eigenvalue weighted by Gasteiger charge is 2.20. The Balaban J connectivity index is 2.06. The van der Waals surface area contributed by atoms with Crippen LogP contribution in [0.25, 0.3) is 0 Å². The Morgan fingerprint density at radius 1 is 1.27 bits per heavy atom. The van der Waals surface area contributed by atoms with Gasteiger partial charge in [0, 0.05) is 18.6 Å². The van der Waals surface area contributed by atoms with E-state index >= 15 is 0 Å². The summed E-state index contributed by atoms with van der Waals surface area (Å²) in [6, 6.07) is 0. The van der Waals surface area contributed by atoms with Gasteiger partial charge in [-0.2, -0.15) is 0 Å². The van der Waals surface area contributed by atoms with Gasteiger partial charge in [0.1, 0.15) is 0 Å². The first-order chi connectivity index (χ1) is 7.14. The molecule has 0 heterocycles. The number of ether oxygens (including phenoxy) is 1. The predicted molar refractivity (Wildman–Crippen MR) is 65.1 cm³/mol. The van der Waals surface area contributed by atoms with Gasteiger partial charge in [-0.25, -0.2) is 0 Å². The van der Waals surface area contributed by atoms with Crippen molar-refractivity contribution in [1.29, 1.82) is 0 Å². The van der Waals surface area contributed by atoms with Crippen molar-refractivity contribution < 1.29 is 4.74 Å². The van der Waals surface area contributed by atoms with Crippen molar-refractivity contribution in [3.8, 4) is 0 Å². The van der Waals surface area contributed by atoms with E-state index in [2.05, 4.69) is 26.1 Å². The van der Waals surface area contributed by atoms with Crippen molar-refractivity contribution >= 4 is 0 Å². The summed E-state index contributed by atoms with van der Waals surface area (Å²) in [5, 5.41) is 3.39. The van der Waals surface area contributed by atoms with Crippen LogP contribution in [0.5, 0.6) is 0 Å². The summed E-state index contributed by atoms with van der Waals surface area (Å²) in [4.78, 5) is 0. The van der Waals surface area contributed by atoms with E-state index < -0.39 is 0 Å². The van der Waals surface area contributed by atoms with Gasteiger partial charge in [-0.1, -0.05) is 33.6 Å². The van der Waals surface area contributed by atoms with Crippen molar-refractivity contribution in [3.63, 3.8) is 0 Å². The first kappa shape index (κ1) is 13.0. The van der Waals surface area contributed by atoms with E-state index in [1.165, 1.54) is 25.7 Å². The van der Waals surface area contributed by atoms with Crippen molar-refractivity contribution in [1.82, 2.24) is 5.32 Å². The van der Waals surface area contributed by atoms with E-state index in [4.69, 9.17) is 4.74 Å². The molecule has 2 heteroatoms. The maximum Gasteiger partial charge on any atom is 0.0529 e. The molecule has 0 aromatic carbocycles. The highest BCUT2D eigenvalue weighted by Crippen LogP contribution is 2.25. The lowest BCUT2D eigenvalue weighted by Gasteiger charge is -2.25. The minimum absolute atomic E-state index is 0.272. The van der Waals surface area contributed by atoms with Crippen LogP contribution in [0.4, 0.5) is 0 Å². The van der Waals surface area contributed by atoms with Crippen LogP contribution in [0.2, 0.25) is 0 Å². The lowest BCUT2D eigenvalue weighted by molar-refractivity contribution is 0.0416. The van der Waals surface area contributed by atoms with Crippen LogP contribution in [0.15, 0.2) is 0 Å². The number of hydrogen-bond acceptors (Lipinski definition) is 2. The van der Waals surface area contributed by atoms with Gasteiger partial charge in [0.05, 0.1) is 6.61 Å². The zero-order valence-corrected chi connectivity index (χ0v) is 10.6. The third-order valence-corrected chi connectivity index (χ3v) is 3.17. The molecule has 1 fully saturated rings. The highest BCUT2D eigenvalue weighted by atomic mass is 16.5. The van der Waals surface area contributed by atoms with Crippen LogP contribution in [0, 0.1) is 11.3 Å². The molecule has 1 aliphatic rings. The second-order valence-corrected chi connectivity index (χ2v) is 5.61. The molecule has 90 valence electrons. The SMILES string of the molecule is CCNCC(C)(C)COCC1CCCC1. The van der Waals surface area contributed by atoms with Gasteiger partial charge >= 0.3 is 0 Å². The minimum Gasteiger partial charge on any atom is -0.381 e. The molecular formula is C13H27NO. The molecule has 1 aliphatic carbocycles. The van der Waals surface area contributed by atoms with E-state index in [9.17, 15) is 0 Å². The van der Waals surface area contributed by atoms with Crippen molar-refractivity contribution in [2.24, 2.45) is 11.3 Å². The summed E-state index contributed by atoms with van der Waals surface area (Å²) in [7, 11) is 0. The van der Waals surface area contributed by atoms with Gasteiger partial charge in [-0.15, -0.1) is 0 Å². The smallest absolute Gasteiger partial charge is 0.0529 e. The maximum atomic E-state index is 5.84. The zero-order valence-electron chi connectivity index (χ0n) is 10.6. The van der Waals surface area contributed by atoms with Gasteiger partial charge in [0.2, 0.25) is 0 Å². The number of nitrogens with one attached hydrogen (secondary N) is 1. The molecule has 0 atom stereocenters. The maximum absolute atomic E-state index is 5.84. The fourth-order valence-corrected chi connectivity index (χ4v) is 2.19. The van der Waals surface area contributed by atoms with Crippen LogP contribution in [0.1, 0.15) is 46.5 Å². The summed E-state index contributed by atoms with van der Waals surface area (Å²) in [5.74, 6) is 0.847. The van der Waals surface area contributed by atoms with Gasteiger partial charge in [0.15, 0.2) is 0 Å². The molecule has 0 unspecified atom stereocenters. The fraction of sp³-hybridized carbons (Fsp3) is 1.00. The highest BCUT2D eigenvalue weighted by molar-refractivity contribution is 4.72. The Hall–Kier alpha value is -0.0800. The molecule has 0 aliphatic heterocycles. The van der Waals surface area contributed by atoms with Gasteiger partial charge in [0.25, 0.3) is 0 Å². The Labute approximate surface area is 94.8 Å². The molecule has 2 nitrogen and oxygen atoms in total. The molecule has 0 saturated heterocycles. The average molecular weight is 213 g/mol. The summed E-state index contributed by atoms with van der Waals surface area (Å²) < 4.78 is 5.84. The fourth-order valence-electron chi connectivity index (χ4n) is 2.19. The van der Waals surface area contributed by atoms with Crippen molar-refractivity contribution in [2.75, 3.05) is 26.3 Å². The quantitative estimate of drug-likeness (QED) is 0.702. The Kier molecular flexibility index (Phi) is 5.62. The van der Waals surface area contributed by atoms with Crippen LogP contribution >= 0.6 is 0 Å². The summed E-state index contributed by atoms with van der Waals surface area (Å²) in [6.07, 6.45) is 5.59. The van der Waals surface area contributed by atoms with Gasteiger partial charge in [-0.05, 0) is 25.3 Å². The second kappa shape index (κ2) is 6.49. The third-order valence-electron chi connectivity index (χ3n) is 3.17. The minimum atomic E-state index is 0.272. The second-order valence-electron chi connectivity index (χ2n) is 5.61. The molecule has 0 aromatic heterocycles.